The summed E-state index contributed by atoms with van der Waals surface area (Å²) in [5, 5.41) is 16.5. The van der Waals surface area contributed by atoms with E-state index in [2.05, 4.69) is 10.2 Å². The SMILES string of the molecule is Cc1cc2n[nH]c(C3(C(=O)O)CCC3)c2s1. The maximum absolute atomic E-state index is 11.4. The molecule has 0 saturated heterocycles. The van der Waals surface area contributed by atoms with Crippen LogP contribution in [0.1, 0.15) is 29.8 Å². The molecule has 0 unspecified atom stereocenters. The van der Waals surface area contributed by atoms with E-state index >= 15 is 0 Å². The van der Waals surface area contributed by atoms with Gasteiger partial charge in [-0.05, 0) is 25.8 Å². The van der Waals surface area contributed by atoms with Crippen molar-refractivity contribution in [2.24, 2.45) is 0 Å². The molecule has 0 atom stereocenters. The van der Waals surface area contributed by atoms with Crippen LogP contribution in [0, 0.1) is 6.92 Å². The minimum absolute atomic E-state index is 0.702. The number of nitrogens with one attached hydrogen (secondary N) is 1. The second-order valence-corrected chi connectivity index (χ2v) is 5.67. The van der Waals surface area contributed by atoms with Gasteiger partial charge in [0.05, 0.1) is 10.4 Å². The van der Waals surface area contributed by atoms with Crippen molar-refractivity contribution in [2.45, 2.75) is 31.6 Å². The summed E-state index contributed by atoms with van der Waals surface area (Å²) in [5.74, 6) is -0.727. The van der Waals surface area contributed by atoms with E-state index in [9.17, 15) is 9.90 Å². The standard InChI is InChI=1S/C11H12N2O2S/c1-6-5-7-8(16-6)9(13-12-7)11(10(14)15)3-2-4-11/h5H,2-4H2,1H3,(H,12,13)(H,14,15). The fourth-order valence-corrected chi connectivity index (χ4v) is 3.40. The Labute approximate surface area is 96.3 Å². The van der Waals surface area contributed by atoms with Crippen molar-refractivity contribution in [3.05, 3.63) is 16.6 Å². The van der Waals surface area contributed by atoms with Crippen LogP contribution in [0.15, 0.2) is 6.07 Å². The van der Waals surface area contributed by atoms with Crippen LogP contribution in [0.3, 0.4) is 0 Å². The normalized spacial score (nSPS) is 18.6. The van der Waals surface area contributed by atoms with E-state index in [0.717, 1.165) is 35.2 Å². The Morgan fingerprint density at radius 2 is 2.38 bits per heavy atom. The zero-order chi connectivity index (χ0) is 11.3. The molecule has 2 heterocycles. The highest BCUT2D eigenvalue weighted by Gasteiger charge is 2.48. The third-order valence-electron chi connectivity index (χ3n) is 3.45. The Hall–Kier alpha value is -1.36. The average Bonchev–Trinajstić information content (AvgIpc) is 2.63. The first-order valence-corrected chi connectivity index (χ1v) is 6.13. The topological polar surface area (TPSA) is 66.0 Å². The van der Waals surface area contributed by atoms with Gasteiger partial charge in [0.2, 0.25) is 0 Å². The van der Waals surface area contributed by atoms with Crippen molar-refractivity contribution in [2.75, 3.05) is 0 Å². The maximum atomic E-state index is 11.4. The second-order valence-electron chi connectivity index (χ2n) is 4.41. The molecule has 1 fully saturated rings. The lowest BCUT2D eigenvalue weighted by Crippen LogP contribution is -2.42. The summed E-state index contributed by atoms with van der Waals surface area (Å²) in [6.07, 6.45) is 2.42. The first-order valence-electron chi connectivity index (χ1n) is 5.32. The van der Waals surface area contributed by atoms with Gasteiger partial charge in [0, 0.05) is 4.88 Å². The summed E-state index contributed by atoms with van der Waals surface area (Å²) in [6, 6.07) is 1.99. The summed E-state index contributed by atoms with van der Waals surface area (Å²) in [7, 11) is 0. The molecule has 0 bridgehead atoms. The number of aromatic amines is 1. The van der Waals surface area contributed by atoms with Crippen molar-refractivity contribution in [3.63, 3.8) is 0 Å². The Morgan fingerprint density at radius 3 is 2.94 bits per heavy atom. The molecule has 16 heavy (non-hydrogen) atoms. The molecule has 84 valence electrons. The molecule has 0 aliphatic heterocycles. The van der Waals surface area contributed by atoms with Gasteiger partial charge in [0.15, 0.2) is 0 Å². The lowest BCUT2D eigenvalue weighted by atomic mass is 9.66. The number of hydrogen-bond acceptors (Lipinski definition) is 3. The number of hydrogen-bond donors (Lipinski definition) is 2. The van der Waals surface area contributed by atoms with Crippen LogP contribution in [0.25, 0.3) is 10.2 Å². The van der Waals surface area contributed by atoms with Crippen molar-refractivity contribution in [1.29, 1.82) is 0 Å². The highest BCUT2D eigenvalue weighted by atomic mass is 32.1. The number of rotatable bonds is 2. The number of carboxylic acids is 1. The fourth-order valence-electron chi connectivity index (χ4n) is 2.36. The predicted octanol–water partition coefficient (Wildman–Crippen LogP) is 2.44. The molecule has 4 nitrogen and oxygen atoms in total. The van der Waals surface area contributed by atoms with Gasteiger partial charge in [-0.1, -0.05) is 6.42 Å². The molecule has 1 saturated carbocycles. The molecule has 1 aliphatic rings. The first kappa shape index (κ1) is 9.84. The summed E-state index contributed by atoms with van der Waals surface area (Å²) < 4.78 is 1.01. The fraction of sp³-hybridized carbons (Fsp3) is 0.455. The Bertz CT molecular complexity index is 566. The molecule has 0 spiro atoms. The van der Waals surface area contributed by atoms with Gasteiger partial charge >= 0.3 is 5.97 Å². The highest BCUT2D eigenvalue weighted by molar-refractivity contribution is 7.19. The molecule has 5 heteroatoms. The number of aromatic nitrogens is 2. The van der Waals surface area contributed by atoms with Crippen LogP contribution in [0.2, 0.25) is 0 Å². The van der Waals surface area contributed by atoms with Gasteiger partial charge in [0.25, 0.3) is 0 Å². The highest BCUT2D eigenvalue weighted by Crippen LogP contribution is 2.46. The number of aryl methyl sites for hydroxylation is 1. The molecular weight excluding hydrogens is 224 g/mol. The zero-order valence-electron chi connectivity index (χ0n) is 8.91. The number of nitrogens with zero attached hydrogens (tertiary/aromatic N) is 1. The molecule has 2 aromatic heterocycles. The minimum atomic E-state index is -0.727. The van der Waals surface area contributed by atoms with Gasteiger partial charge in [-0.25, -0.2) is 0 Å². The molecule has 0 aromatic carbocycles. The number of aliphatic carboxylic acids is 1. The number of carbonyl (C=O) groups is 1. The minimum Gasteiger partial charge on any atom is -0.481 e. The van der Waals surface area contributed by atoms with Crippen LogP contribution in [0.5, 0.6) is 0 Å². The molecule has 0 radical (unpaired) electrons. The molecule has 3 rings (SSSR count). The maximum Gasteiger partial charge on any atom is 0.315 e. The third-order valence-corrected chi connectivity index (χ3v) is 4.50. The van der Waals surface area contributed by atoms with Crippen molar-refractivity contribution in [1.82, 2.24) is 10.2 Å². The van der Waals surface area contributed by atoms with Crippen LogP contribution < -0.4 is 0 Å². The molecule has 1 aliphatic carbocycles. The Balaban J connectivity index is 2.21. The molecular formula is C11H12N2O2S. The predicted molar refractivity (Wildman–Crippen MR) is 61.9 cm³/mol. The second kappa shape index (κ2) is 3.07. The number of H-pyrrole nitrogens is 1. The largest absolute Gasteiger partial charge is 0.481 e. The van der Waals surface area contributed by atoms with Crippen molar-refractivity contribution < 1.29 is 9.90 Å². The smallest absolute Gasteiger partial charge is 0.315 e. The Morgan fingerprint density at radius 1 is 1.62 bits per heavy atom. The first-order chi connectivity index (χ1) is 7.63. The Kier molecular flexibility index (Phi) is 1.89. The van der Waals surface area contributed by atoms with Crippen LogP contribution >= 0.6 is 11.3 Å². The summed E-state index contributed by atoms with van der Waals surface area (Å²) in [4.78, 5) is 12.6. The summed E-state index contributed by atoms with van der Waals surface area (Å²) >= 11 is 1.62. The van der Waals surface area contributed by atoms with Gasteiger partial charge < -0.3 is 5.11 Å². The zero-order valence-corrected chi connectivity index (χ0v) is 9.73. The van der Waals surface area contributed by atoms with E-state index in [4.69, 9.17) is 0 Å². The van der Waals surface area contributed by atoms with Crippen LogP contribution in [-0.2, 0) is 10.2 Å². The average molecular weight is 236 g/mol. The summed E-state index contributed by atoms with van der Waals surface area (Å²) in [5.41, 5.74) is 0.996. The molecule has 0 amide bonds. The number of fused-ring (bicyclic) bond motifs is 1. The molecule has 2 aromatic rings. The quantitative estimate of drug-likeness (QED) is 0.841. The van der Waals surface area contributed by atoms with E-state index < -0.39 is 11.4 Å². The number of carboxylic acid groups (broad SMARTS) is 1. The van der Waals surface area contributed by atoms with Crippen LogP contribution in [-0.4, -0.2) is 21.3 Å². The lowest BCUT2D eigenvalue weighted by Gasteiger charge is -2.36. The van der Waals surface area contributed by atoms with Crippen molar-refractivity contribution in [3.8, 4) is 0 Å². The van der Waals surface area contributed by atoms with E-state index in [-0.39, 0.29) is 0 Å². The van der Waals surface area contributed by atoms with E-state index in [1.165, 1.54) is 4.88 Å². The van der Waals surface area contributed by atoms with Gasteiger partial charge in [-0.15, -0.1) is 11.3 Å². The van der Waals surface area contributed by atoms with Gasteiger partial charge in [-0.2, -0.15) is 5.10 Å². The molecule has 2 N–H and O–H groups in total. The van der Waals surface area contributed by atoms with E-state index in [0.29, 0.717) is 0 Å². The van der Waals surface area contributed by atoms with Crippen molar-refractivity contribution >= 4 is 27.5 Å². The van der Waals surface area contributed by atoms with Gasteiger partial charge in [-0.3, -0.25) is 9.89 Å². The summed E-state index contributed by atoms with van der Waals surface area (Å²) in [6.45, 7) is 2.02. The van der Waals surface area contributed by atoms with E-state index in [1.807, 2.05) is 13.0 Å². The third kappa shape index (κ3) is 1.09. The van der Waals surface area contributed by atoms with Gasteiger partial charge in [0.1, 0.15) is 10.9 Å². The van der Waals surface area contributed by atoms with E-state index in [1.54, 1.807) is 11.3 Å². The number of thiophene rings is 1. The monoisotopic (exact) mass is 236 g/mol. The van der Waals surface area contributed by atoms with Crippen LogP contribution in [0.4, 0.5) is 0 Å². The lowest BCUT2D eigenvalue weighted by molar-refractivity contribution is -0.147.